The molecule has 3 atom stereocenters. The number of amides is 1. The van der Waals surface area contributed by atoms with Crippen LogP contribution in [0.1, 0.15) is 33.6 Å². The molecular weight excluding hydrogens is 216 g/mol. The third kappa shape index (κ3) is 4.46. The second kappa shape index (κ2) is 8.23. The van der Waals surface area contributed by atoms with Gasteiger partial charge in [-0.1, -0.05) is 27.2 Å². The lowest BCUT2D eigenvalue weighted by atomic mass is 9.91. The van der Waals surface area contributed by atoms with Crippen LogP contribution in [0.2, 0.25) is 0 Å². The highest BCUT2D eigenvalue weighted by Crippen LogP contribution is 2.21. The molecule has 0 spiro atoms. The molecule has 0 heterocycles. The molecular formula is C13H26N2O2. The van der Waals surface area contributed by atoms with Crippen molar-refractivity contribution in [1.82, 2.24) is 4.90 Å². The number of carbonyl (C=O) groups is 1. The predicted molar refractivity (Wildman–Crippen MR) is 71.5 cm³/mol. The number of methoxy groups -OCH3 is 1. The van der Waals surface area contributed by atoms with E-state index in [9.17, 15) is 4.79 Å². The number of hydrogen-bond acceptors (Lipinski definition) is 3. The first-order valence-electron chi connectivity index (χ1n) is 6.24. The van der Waals surface area contributed by atoms with Crippen molar-refractivity contribution in [3.63, 3.8) is 0 Å². The maximum Gasteiger partial charge on any atom is 0.244 e. The number of nitrogens with zero attached hydrogens (tertiary/aromatic N) is 2. The van der Waals surface area contributed by atoms with Crippen molar-refractivity contribution in [2.24, 2.45) is 10.9 Å². The van der Waals surface area contributed by atoms with Gasteiger partial charge < -0.3 is 9.64 Å². The van der Waals surface area contributed by atoms with Gasteiger partial charge in [-0.3, -0.25) is 9.79 Å². The van der Waals surface area contributed by atoms with Crippen LogP contribution < -0.4 is 0 Å². The number of carbonyl (C=O) groups excluding carboxylic acids is 1. The Bertz CT molecular complexity index is 240. The molecule has 1 amide bonds. The maximum atomic E-state index is 11.9. The molecule has 0 saturated heterocycles. The van der Waals surface area contributed by atoms with Crippen LogP contribution in [0.15, 0.2) is 4.99 Å². The summed E-state index contributed by atoms with van der Waals surface area (Å²) in [4.78, 5) is 17.3. The minimum atomic E-state index is 0.000741. The average Bonchev–Trinajstić information content (AvgIpc) is 2.34. The van der Waals surface area contributed by atoms with E-state index in [0.29, 0.717) is 5.92 Å². The fourth-order valence-corrected chi connectivity index (χ4v) is 2.16. The lowest BCUT2D eigenvalue weighted by molar-refractivity contribution is -0.135. The van der Waals surface area contributed by atoms with Crippen molar-refractivity contribution in [1.29, 1.82) is 0 Å². The highest BCUT2D eigenvalue weighted by molar-refractivity contribution is 5.79. The van der Waals surface area contributed by atoms with Crippen LogP contribution in [-0.2, 0) is 9.53 Å². The normalized spacial score (nSPS) is 16.1. The summed E-state index contributed by atoms with van der Waals surface area (Å²) in [7, 11) is 3.53. The molecule has 0 saturated carbocycles. The molecule has 0 aliphatic carbocycles. The Labute approximate surface area is 105 Å². The van der Waals surface area contributed by atoms with Gasteiger partial charge in [-0.2, -0.15) is 0 Å². The van der Waals surface area contributed by atoms with Crippen molar-refractivity contribution in [3.8, 4) is 0 Å². The Morgan fingerprint density at radius 2 is 2.00 bits per heavy atom. The quantitative estimate of drug-likeness (QED) is 0.611. The molecule has 4 heteroatoms. The van der Waals surface area contributed by atoms with Crippen LogP contribution >= 0.6 is 0 Å². The second-order valence-electron chi connectivity index (χ2n) is 4.44. The molecule has 0 fully saturated rings. The number of likely N-dealkylation sites (N-methyl/N-ethyl adjacent to an activating group) is 1. The van der Waals surface area contributed by atoms with Crippen LogP contribution in [0.4, 0.5) is 0 Å². The lowest BCUT2D eigenvalue weighted by Gasteiger charge is -2.37. The van der Waals surface area contributed by atoms with Crippen LogP contribution in [0.3, 0.4) is 0 Å². The van der Waals surface area contributed by atoms with E-state index in [4.69, 9.17) is 4.74 Å². The van der Waals surface area contributed by atoms with Crippen molar-refractivity contribution in [2.75, 3.05) is 20.7 Å². The third-order valence-electron chi connectivity index (χ3n) is 3.40. The highest BCUT2D eigenvalue weighted by atomic mass is 16.5. The first-order valence-corrected chi connectivity index (χ1v) is 6.24. The zero-order valence-corrected chi connectivity index (χ0v) is 11.8. The van der Waals surface area contributed by atoms with Crippen molar-refractivity contribution < 1.29 is 9.53 Å². The molecule has 0 rings (SSSR count). The second-order valence-corrected chi connectivity index (χ2v) is 4.44. The van der Waals surface area contributed by atoms with Gasteiger partial charge in [-0.05, 0) is 19.1 Å². The summed E-state index contributed by atoms with van der Waals surface area (Å²) in [5.74, 6) is 0.402. The van der Waals surface area contributed by atoms with Crippen LogP contribution in [0, 0.1) is 5.92 Å². The summed E-state index contributed by atoms with van der Waals surface area (Å²) in [6, 6.07) is 0.101. The summed E-state index contributed by atoms with van der Waals surface area (Å²) in [5, 5.41) is 0. The van der Waals surface area contributed by atoms with Gasteiger partial charge in [-0.15, -0.1) is 0 Å². The van der Waals surface area contributed by atoms with Crippen molar-refractivity contribution >= 4 is 12.6 Å². The Morgan fingerprint density at radius 3 is 2.35 bits per heavy atom. The van der Waals surface area contributed by atoms with Crippen molar-refractivity contribution in [2.45, 2.75) is 45.8 Å². The molecule has 0 N–H and O–H groups in total. The van der Waals surface area contributed by atoms with Crippen LogP contribution in [0.5, 0.6) is 0 Å². The van der Waals surface area contributed by atoms with Gasteiger partial charge in [0.1, 0.15) is 6.54 Å². The number of rotatable bonds is 8. The molecule has 0 aromatic heterocycles. The number of hydrogen-bond donors (Lipinski definition) is 0. The summed E-state index contributed by atoms with van der Waals surface area (Å²) in [6.45, 7) is 9.86. The number of aliphatic imine (C=N–C) groups is 1. The van der Waals surface area contributed by atoms with Crippen LogP contribution in [-0.4, -0.2) is 50.4 Å². The Hall–Kier alpha value is -0.900. The summed E-state index contributed by atoms with van der Waals surface area (Å²) < 4.78 is 5.49. The van der Waals surface area contributed by atoms with Gasteiger partial charge in [0.15, 0.2) is 0 Å². The van der Waals surface area contributed by atoms with Gasteiger partial charge in [-0.25, -0.2) is 0 Å². The Kier molecular flexibility index (Phi) is 7.79. The molecule has 0 bridgehead atoms. The molecule has 3 unspecified atom stereocenters. The maximum absolute atomic E-state index is 11.9. The smallest absolute Gasteiger partial charge is 0.244 e. The van der Waals surface area contributed by atoms with Gasteiger partial charge >= 0.3 is 0 Å². The summed E-state index contributed by atoms with van der Waals surface area (Å²) in [5.41, 5.74) is 0. The minimum absolute atomic E-state index is 0.000741. The zero-order chi connectivity index (χ0) is 13.4. The molecule has 0 radical (unpaired) electrons. The van der Waals surface area contributed by atoms with Gasteiger partial charge in [0.25, 0.3) is 0 Å². The van der Waals surface area contributed by atoms with Crippen LogP contribution in [0.25, 0.3) is 0 Å². The fourth-order valence-electron chi connectivity index (χ4n) is 2.16. The molecule has 0 aromatic rings. The van der Waals surface area contributed by atoms with E-state index in [1.165, 1.54) is 0 Å². The Morgan fingerprint density at radius 1 is 1.41 bits per heavy atom. The topological polar surface area (TPSA) is 41.9 Å². The molecule has 17 heavy (non-hydrogen) atoms. The van der Waals surface area contributed by atoms with E-state index >= 15 is 0 Å². The van der Waals surface area contributed by atoms with Gasteiger partial charge in [0.2, 0.25) is 5.91 Å². The van der Waals surface area contributed by atoms with Crippen molar-refractivity contribution in [3.05, 3.63) is 0 Å². The monoisotopic (exact) mass is 242 g/mol. The largest absolute Gasteiger partial charge is 0.379 e. The molecule has 0 aliphatic rings. The fraction of sp³-hybridized carbons (Fsp3) is 0.846. The molecule has 4 nitrogen and oxygen atoms in total. The molecule has 0 aromatic carbocycles. The third-order valence-corrected chi connectivity index (χ3v) is 3.40. The van der Waals surface area contributed by atoms with E-state index in [1.54, 1.807) is 12.0 Å². The highest BCUT2D eigenvalue weighted by Gasteiger charge is 2.30. The predicted octanol–water partition coefficient (Wildman–Crippen LogP) is 1.99. The van der Waals surface area contributed by atoms with Gasteiger partial charge in [0, 0.05) is 14.2 Å². The van der Waals surface area contributed by atoms with E-state index in [1.807, 2.05) is 7.05 Å². The molecule has 0 aliphatic heterocycles. The first kappa shape index (κ1) is 16.1. The zero-order valence-electron chi connectivity index (χ0n) is 11.8. The van der Waals surface area contributed by atoms with E-state index in [-0.39, 0.29) is 24.6 Å². The number of ether oxygens (including phenoxy) is 1. The van der Waals surface area contributed by atoms with E-state index in [0.717, 1.165) is 12.8 Å². The van der Waals surface area contributed by atoms with E-state index < -0.39 is 0 Å². The standard InChI is InChI=1S/C13H26N2O2/c1-7-10(3)13(11(8-2)17-6)15(5)12(16)9-14-4/h10-11,13H,4,7-9H2,1-3,5-6H3. The minimum Gasteiger partial charge on any atom is -0.379 e. The SMILES string of the molecule is C=NCC(=O)N(C)C(C(C)CC)C(CC)OC. The van der Waals surface area contributed by atoms with E-state index in [2.05, 4.69) is 32.5 Å². The lowest BCUT2D eigenvalue weighted by Crippen LogP contribution is -2.49. The average molecular weight is 242 g/mol. The van der Waals surface area contributed by atoms with Gasteiger partial charge in [0.05, 0.1) is 12.1 Å². The summed E-state index contributed by atoms with van der Waals surface area (Å²) in [6.07, 6.45) is 1.98. The summed E-state index contributed by atoms with van der Waals surface area (Å²) >= 11 is 0. The first-order chi connectivity index (χ1) is 8.03. The molecule has 100 valence electrons. The Balaban J connectivity index is 4.89.